The van der Waals surface area contributed by atoms with Crippen LogP contribution in [0.3, 0.4) is 0 Å². The van der Waals surface area contributed by atoms with E-state index in [4.69, 9.17) is 5.73 Å². The molecule has 1 aromatic carbocycles. The van der Waals surface area contributed by atoms with Crippen LogP contribution >= 0.6 is 0 Å². The first kappa shape index (κ1) is 16.5. The summed E-state index contributed by atoms with van der Waals surface area (Å²) in [5, 5.41) is 0. The zero-order valence-corrected chi connectivity index (χ0v) is 13.7. The summed E-state index contributed by atoms with van der Waals surface area (Å²) in [7, 11) is -3.44. The minimum absolute atomic E-state index is 0.0107. The summed E-state index contributed by atoms with van der Waals surface area (Å²) in [4.78, 5) is 0.314. The van der Waals surface area contributed by atoms with Crippen LogP contribution in [0.5, 0.6) is 0 Å². The fourth-order valence-electron chi connectivity index (χ4n) is 2.99. The van der Waals surface area contributed by atoms with Crippen LogP contribution in [0.4, 0.5) is 0 Å². The van der Waals surface area contributed by atoms with Crippen molar-refractivity contribution in [3.63, 3.8) is 0 Å². The number of nitrogens with one attached hydrogen (secondary N) is 1. The van der Waals surface area contributed by atoms with Gasteiger partial charge in [0.05, 0.1) is 4.90 Å². The lowest BCUT2D eigenvalue weighted by Crippen LogP contribution is -2.38. The molecule has 2 atom stereocenters. The largest absolute Gasteiger partial charge is 0.324 e. The molecule has 5 heteroatoms. The highest BCUT2D eigenvalue weighted by atomic mass is 32.2. The minimum atomic E-state index is -3.44. The first-order valence-corrected chi connectivity index (χ1v) is 9.26. The van der Waals surface area contributed by atoms with Crippen LogP contribution in [-0.4, -0.2) is 14.5 Å². The van der Waals surface area contributed by atoms with E-state index in [9.17, 15) is 8.42 Å². The monoisotopic (exact) mass is 310 g/mol. The Labute approximate surface area is 128 Å². The molecule has 1 saturated carbocycles. The molecule has 118 valence electrons. The lowest BCUT2D eigenvalue weighted by molar-refractivity contribution is 0.303. The van der Waals surface area contributed by atoms with Crippen LogP contribution in [-0.2, 0) is 10.0 Å². The molecular formula is C16H26N2O2S. The zero-order chi connectivity index (χ0) is 15.5. The molecule has 0 saturated heterocycles. The van der Waals surface area contributed by atoms with Gasteiger partial charge in [-0.2, -0.15) is 0 Å². The van der Waals surface area contributed by atoms with Crippen molar-refractivity contribution in [1.29, 1.82) is 0 Å². The standard InChI is InChI=1S/C16H26N2O2S/c1-12(17)14-8-10-16(11-9-14)21(19,20)18-13(2)15-6-4-3-5-7-15/h8-13,15,18H,3-7,17H2,1-2H3. The molecule has 0 amide bonds. The SMILES string of the molecule is CC(N)c1ccc(S(=O)(=O)NC(C)C2CCCCC2)cc1. The van der Waals surface area contributed by atoms with E-state index in [2.05, 4.69) is 4.72 Å². The Kier molecular flexibility index (Phi) is 5.41. The topological polar surface area (TPSA) is 72.2 Å². The fourth-order valence-corrected chi connectivity index (χ4v) is 4.31. The van der Waals surface area contributed by atoms with E-state index in [-0.39, 0.29) is 12.1 Å². The Morgan fingerprint density at radius 2 is 1.67 bits per heavy atom. The predicted octanol–water partition coefficient (Wildman–Crippen LogP) is 2.95. The van der Waals surface area contributed by atoms with Gasteiger partial charge in [0.25, 0.3) is 0 Å². The normalized spacial score (nSPS) is 20.1. The van der Waals surface area contributed by atoms with Crippen molar-refractivity contribution in [1.82, 2.24) is 4.72 Å². The van der Waals surface area contributed by atoms with Gasteiger partial charge in [0, 0.05) is 12.1 Å². The Morgan fingerprint density at radius 3 is 2.19 bits per heavy atom. The highest BCUT2D eigenvalue weighted by Crippen LogP contribution is 2.27. The Hall–Kier alpha value is -0.910. The average molecular weight is 310 g/mol. The molecule has 1 aliphatic rings. The molecule has 0 aliphatic heterocycles. The summed E-state index contributed by atoms with van der Waals surface area (Å²) >= 11 is 0. The van der Waals surface area contributed by atoms with Crippen LogP contribution in [0.25, 0.3) is 0 Å². The minimum Gasteiger partial charge on any atom is -0.324 e. The van der Waals surface area contributed by atoms with Gasteiger partial charge in [-0.1, -0.05) is 31.4 Å². The van der Waals surface area contributed by atoms with Gasteiger partial charge in [-0.15, -0.1) is 0 Å². The lowest BCUT2D eigenvalue weighted by Gasteiger charge is -2.28. The van der Waals surface area contributed by atoms with Crippen molar-refractivity contribution in [2.75, 3.05) is 0 Å². The molecule has 2 rings (SSSR count). The van der Waals surface area contributed by atoms with Crippen molar-refractivity contribution in [3.05, 3.63) is 29.8 Å². The van der Waals surface area contributed by atoms with Gasteiger partial charge in [0.1, 0.15) is 0 Å². The molecule has 3 N–H and O–H groups in total. The molecule has 0 bridgehead atoms. The molecule has 21 heavy (non-hydrogen) atoms. The van der Waals surface area contributed by atoms with E-state index in [0.29, 0.717) is 10.8 Å². The molecule has 1 fully saturated rings. The van der Waals surface area contributed by atoms with Crippen molar-refractivity contribution in [2.24, 2.45) is 11.7 Å². The van der Waals surface area contributed by atoms with Crippen molar-refractivity contribution in [3.8, 4) is 0 Å². The van der Waals surface area contributed by atoms with Gasteiger partial charge < -0.3 is 5.73 Å². The van der Waals surface area contributed by atoms with Gasteiger partial charge in [-0.05, 0) is 50.3 Å². The smallest absolute Gasteiger partial charge is 0.240 e. The Bertz CT molecular complexity index is 546. The number of rotatable bonds is 5. The highest BCUT2D eigenvalue weighted by molar-refractivity contribution is 7.89. The zero-order valence-electron chi connectivity index (χ0n) is 12.9. The molecule has 1 aliphatic carbocycles. The van der Waals surface area contributed by atoms with Crippen LogP contribution in [0.1, 0.15) is 57.6 Å². The lowest BCUT2D eigenvalue weighted by atomic mass is 9.85. The number of hydrogen-bond acceptors (Lipinski definition) is 3. The summed E-state index contributed by atoms with van der Waals surface area (Å²) in [6.45, 7) is 3.86. The third kappa shape index (κ3) is 4.28. The molecular weight excluding hydrogens is 284 g/mol. The Balaban J connectivity index is 2.06. The van der Waals surface area contributed by atoms with E-state index >= 15 is 0 Å². The highest BCUT2D eigenvalue weighted by Gasteiger charge is 2.25. The van der Waals surface area contributed by atoms with Gasteiger partial charge in [-0.25, -0.2) is 13.1 Å². The second kappa shape index (κ2) is 6.90. The summed E-state index contributed by atoms with van der Waals surface area (Å²) in [6, 6.07) is 6.73. The van der Waals surface area contributed by atoms with Crippen LogP contribution in [0.2, 0.25) is 0 Å². The van der Waals surface area contributed by atoms with E-state index in [1.54, 1.807) is 24.3 Å². The third-order valence-corrected chi connectivity index (χ3v) is 5.99. The van der Waals surface area contributed by atoms with Crippen LogP contribution < -0.4 is 10.5 Å². The first-order valence-electron chi connectivity index (χ1n) is 7.78. The summed E-state index contributed by atoms with van der Waals surface area (Å²) in [6.07, 6.45) is 5.93. The number of nitrogens with two attached hydrogens (primary N) is 1. The second-order valence-corrected chi connectivity index (χ2v) is 7.88. The second-order valence-electron chi connectivity index (χ2n) is 6.17. The van der Waals surface area contributed by atoms with E-state index in [1.165, 1.54) is 19.3 Å². The predicted molar refractivity (Wildman–Crippen MR) is 85.4 cm³/mol. The van der Waals surface area contributed by atoms with Crippen molar-refractivity contribution >= 4 is 10.0 Å². The van der Waals surface area contributed by atoms with Gasteiger partial charge in [0.15, 0.2) is 0 Å². The molecule has 2 unspecified atom stereocenters. The number of hydrogen-bond donors (Lipinski definition) is 2. The van der Waals surface area contributed by atoms with Crippen molar-refractivity contribution in [2.45, 2.75) is 62.9 Å². The molecule has 0 radical (unpaired) electrons. The fraction of sp³-hybridized carbons (Fsp3) is 0.625. The molecule has 0 aromatic heterocycles. The number of benzene rings is 1. The summed E-state index contributed by atoms with van der Waals surface area (Å²) in [5.41, 5.74) is 6.73. The number of sulfonamides is 1. The quantitative estimate of drug-likeness (QED) is 0.878. The third-order valence-electron chi connectivity index (χ3n) is 4.41. The summed E-state index contributed by atoms with van der Waals surface area (Å²) < 4.78 is 27.7. The average Bonchev–Trinajstić information content (AvgIpc) is 2.48. The van der Waals surface area contributed by atoms with Gasteiger partial charge >= 0.3 is 0 Å². The van der Waals surface area contributed by atoms with Crippen molar-refractivity contribution < 1.29 is 8.42 Å². The molecule has 0 spiro atoms. The van der Waals surface area contributed by atoms with Gasteiger partial charge in [-0.3, -0.25) is 0 Å². The van der Waals surface area contributed by atoms with E-state index in [1.807, 2.05) is 13.8 Å². The van der Waals surface area contributed by atoms with Crippen LogP contribution in [0, 0.1) is 5.92 Å². The van der Waals surface area contributed by atoms with Gasteiger partial charge in [0.2, 0.25) is 10.0 Å². The summed E-state index contributed by atoms with van der Waals surface area (Å²) in [5.74, 6) is 0.455. The maximum Gasteiger partial charge on any atom is 0.240 e. The van der Waals surface area contributed by atoms with E-state index in [0.717, 1.165) is 18.4 Å². The maximum absolute atomic E-state index is 12.4. The molecule has 4 nitrogen and oxygen atoms in total. The molecule has 1 aromatic rings. The van der Waals surface area contributed by atoms with E-state index < -0.39 is 10.0 Å². The Morgan fingerprint density at radius 1 is 1.10 bits per heavy atom. The maximum atomic E-state index is 12.4. The molecule has 0 heterocycles. The first-order chi connectivity index (χ1) is 9.90. The van der Waals surface area contributed by atoms with Crippen LogP contribution in [0.15, 0.2) is 29.2 Å².